The van der Waals surface area contributed by atoms with Crippen molar-refractivity contribution in [2.24, 2.45) is 0 Å². The Kier molecular flexibility index (Phi) is 11.0. The lowest BCUT2D eigenvalue weighted by Gasteiger charge is -2.41. The van der Waals surface area contributed by atoms with Crippen LogP contribution in [0.25, 0.3) is 6.08 Å². The van der Waals surface area contributed by atoms with Crippen LogP contribution in [0.4, 0.5) is 8.78 Å². The maximum atomic E-state index is 15.1. The first kappa shape index (κ1) is 35.0. The van der Waals surface area contributed by atoms with Gasteiger partial charge in [-0.2, -0.15) is 0 Å². The van der Waals surface area contributed by atoms with Gasteiger partial charge in [-0.25, -0.2) is 8.78 Å². The number of hydrogen-bond acceptors (Lipinski definition) is 11. The van der Waals surface area contributed by atoms with Gasteiger partial charge in [0, 0.05) is 10.6 Å². The van der Waals surface area contributed by atoms with Crippen LogP contribution in [0, 0.1) is 5.82 Å². The van der Waals surface area contributed by atoms with Crippen molar-refractivity contribution in [2.45, 2.75) is 81.5 Å². The van der Waals surface area contributed by atoms with Gasteiger partial charge < -0.3 is 54.5 Å². The van der Waals surface area contributed by atoms with E-state index in [-0.39, 0.29) is 35.5 Å². The monoisotopic (exact) mass is 683 g/mol. The second kappa shape index (κ2) is 14.8. The zero-order valence-corrected chi connectivity index (χ0v) is 26.1. The van der Waals surface area contributed by atoms with Crippen molar-refractivity contribution in [1.82, 2.24) is 5.32 Å². The summed E-state index contributed by atoms with van der Waals surface area (Å²) >= 11 is 5.76. The number of carbonyl (C=O) groups is 1. The molecule has 1 saturated carbocycles. The van der Waals surface area contributed by atoms with E-state index in [4.69, 9.17) is 35.3 Å². The average molecular weight is 684 g/mol. The number of fused-ring (bicyclic) bond motifs is 1. The minimum Gasteiger partial charge on any atom is -0.504 e. The molecule has 0 bridgehead atoms. The molecular formula is C32H36ClF2NO11. The van der Waals surface area contributed by atoms with Gasteiger partial charge in [0.15, 0.2) is 29.2 Å². The molecule has 2 heterocycles. The van der Waals surface area contributed by atoms with Gasteiger partial charge in [-0.05, 0) is 67.0 Å². The highest BCUT2D eigenvalue weighted by Gasteiger charge is 2.53. The van der Waals surface area contributed by atoms with Crippen LogP contribution in [0.1, 0.15) is 25.8 Å². The van der Waals surface area contributed by atoms with Gasteiger partial charge in [-0.3, -0.25) is 4.79 Å². The van der Waals surface area contributed by atoms with Crippen molar-refractivity contribution >= 4 is 23.6 Å². The third-order valence-corrected chi connectivity index (χ3v) is 8.53. The number of nitrogens with one attached hydrogen (secondary N) is 1. The predicted octanol–water partition coefficient (Wildman–Crippen LogP) is 2.13. The minimum absolute atomic E-state index is 0.0301. The van der Waals surface area contributed by atoms with E-state index >= 15 is 4.39 Å². The Balaban J connectivity index is 1.20. The van der Waals surface area contributed by atoms with Gasteiger partial charge in [0.1, 0.15) is 56.1 Å². The largest absolute Gasteiger partial charge is 0.504 e. The summed E-state index contributed by atoms with van der Waals surface area (Å²) in [4.78, 5) is 12.9. The zero-order chi connectivity index (χ0) is 34.0. The highest BCUT2D eigenvalue weighted by atomic mass is 35.5. The van der Waals surface area contributed by atoms with Crippen molar-refractivity contribution in [2.75, 3.05) is 13.4 Å². The summed E-state index contributed by atoms with van der Waals surface area (Å²) < 4.78 is 56.2. The molecule has 1 aliphatic carbocycles. The molecule has 5 rings (SSSR count). The summed E-state index contributed by atoms with van der Waals surface area (Å²) in [6.45, 7) is 2.98. The quantitative estimate of drug-likeness (QED) is 0.160. The van der Waals surface area contributed by atoms with Crippen LogP contribution in [0.2, 0.25) is 5.02 Å². The lowest BCUT2D eigenvalue weighted by atomic mass is 9.83. The fraction of sp³-hybridized carbons (Fsp3) is 0.469. The first-order valence-corrected chi connectivity index (χ1v) is 15.3. The lowest BCUT2D eigenvalue weighted by molar-refractivity contribution is -0.155. The normalized spacial score (nSPS) is 32.6. The summed E-state index contributed by atoms with van der Waals surface area (Å²) in [5.41, 5.74) is 0.981. The summed E-state index contributed by atoms with van der Waals surface area (Å²) in [5.74, 6) is -1.90. The Morgan fingerprint density at radius 3 is 2.43 bits per heavy atom. The summed E-state index contributed by atoms with van der Waals surface area (Å²) in [6.07, 6.45) is -9.02. The number of aromatic hydroxyl groups is 1. The van der Waals surface area contributed by atoms with Crippen molar-refractivity contribution in [1.29, 1.82) is 0 Å². The molecule has 3 fully saturated rings. The fourth-order valence-corrected chi connectivity index (χ4v) is 5.86. The molecule has 0 unspecified atom stereocenters. The molecule has 47 heavy (non-hydrogen) atoms. The number of carbonyl (C=O) groups excluding carboxylic acids is 1. The van der Waals surface area contributed by atoms with Gasteiger partial charge >= 0.3 is 0 Å². The smallest absolute Gasteiger partial charge is 0.247 e. The number of amides is 1. The topological polar surface area (TPSA) is 176 Å². The lowest BCUT2D eigenvalue weighted by Crippen LogP contribution is -2.67. The Morgan fingerprint density at radius 2 is 1.74 bits per heavy atom. The van der Waals surface area contributed by atoms with Crippen molar-refractivity contribution in [3.8, 4) is 17.2 Å². The van der Waals surface area contributed by atoms with E-state index in [1.165, 1.54) is 43.3 Å². The summed E-state index contributed by atoms with van der Waals surface area (Å²) in [7, 11) is 0. The molecule has 2 aromatic rings. The van der Waals surface area contributed by atoms with E-state index in [9.17, 15) is 34.7 Å². The molecule has 10 atom stereocenters. The van der Waals surface area contributed by atoms with Crippen LogP contribution in [0.3, 0.4) is 0 Å². The van der Waals surface area contributed by atoms with Gasteiger partial charge in [-0.1, -0.05) is 24.6 Å². The standard InChI is InChI=1S/C32H36ClF2NO11/c1-3-16(8-9-43-20-7-5-17(33)12-18(20)34)28-24(38)22(35)32(47-28)46-21-6-4-15(11-19(21)37)10-14(2)31(42)36-23-25(39)27(41)30-29(26(23)40)44-13-45-30/h4-8,10-12,22-30,32,37-41H,3,9,13H2,1-2H3,(H,36,42)/t22-,23+,24-,25-,26+,27+,28+,29-,30+,32+/m0/s1. The molecule has 2 aromatic carbocycles. The van der Waals surface area contributed by atoms with Gasteiger partial charge in [0.2, 0.25) is 12.2 Å². The number of aliphatic hydroxyl groups is 4. The Hall–Kier alpha value is -3.34. The van der Waals surface area contributed by atoms with Crippen LogP contribution in [0.15, 0.2) is 53.6 Å². The molecule has 3 aliphatic rings. The summed E-state index contributed by atoms with van der Waals surface area (Å²) in [6, 6.07) is 6.78. The maximum absolute atomic E-state index is 15.1. The summed E-state index contributed by atoms with van der Waals surface area (Å²) in [5, 5.41) is 55.2. The second-order valence-electron chi connectivity index (χ2n) is 11.4. The molecule has 0 radical (unpaired) electrons. The van der Waals surface area contributed by atoms with Crippen molar-refractivity contribution in [3.63, 3.8) is 0 Å². The van der Waals surface area contributed by atoms with Crippen LogP contribution < -0.4 is 14.8 Å². The number of halogens is 3. The van der Waals surface area contributed by atoms with Crippen LogP contribution in [-0.4, -0.2) is 106 Å². The molecule has 6 N–H and O–H groups in total. The number of phenols is 1. The minimum atomic E-state index is -1.98. The Bertz CT molecular complexity index is 1510. The third-order valence-electron chi connectivity index (χ3n) is 8.30. The first-order valence-electron chi connectivity index (χ1n) is 14.9. The van der Waals surface area contributed by atoms with Crippen LogP contribution in [-0.2, 0) is 19.0 Å². The number of benzene rings is 2. The van der Waals surface area contributed by atoms with E-state index < -0.39 is 78.7 Å². The number of hydrogen-bond donors (Lipinski definition) is 6. The molecule has 15 heteroatoms. The number of rotatable bonds is 10. The fourth-order valence-electron chi connectivity index (χ4n) is 5.71. The zero-order valence-electron chi connectivity index (χ0n) is 25.3. The number of phenolic OH excluding ortho intramolecular Hbond substituents is 1. The Labute approximate surface area is 273 Å². The van der Waals surface area contributed by atoms with E-state index in [0.29, 0.717) is 17.6 Å². The highest BCUT2D eigenvalue weighted by molar-refractivity contribution is 6.30. The predicted molar refractivity (Wildman–Crippen MR) is 162 cm³/mol. The third kappa shape index (κ3) is 7.55. The molecule has 1 amide bonds. The van der Waals surface area contributed by atoms with Gasteiger partial charge in [0.25, 0.3) is 0 Å². The van der Waals surface area contributed by atoms with E-state index in [1.807, 2.05) is 0 Å². The van der Waals surface area contributed by atoms with Gasteiger partial charge in [-0.15, -0.1) is 0 Å². The molecular weight excluding hydrogens is 648 g/mol. The number of alkyl halides is 1. The highest BCUT2D eigenvalue weighted by Crippen LogP contribution is 2.36. The van der Waals surface area contributed by atoms with Crippen LogP contribution in [0.5, 0.6) is 17.2 Å². The SMILES string of the molecule is CCC(=CCOc1ccc(Cl)cc1F)[C@H]1O[C@@H](Oc2ccc(C=C(C)C(=O)N[C@@H]3[C@H](O)[C@@H](O)[C@H]4OCO[C@H]4[C@@H]3O)cc2O)[C@@H](F)[C@@H]1O. The van der Waals surface area contributed by atoms with Crippen molar-refractivity contribution in [3.05, 3.63) is 70.0 Å². The maximum Gasteiger partial charge on any atom is 0.247 e. The molecule has 0 spiro atoms. The number of aliphatic hydroxyl groups excluding tert-OH is 4. The van der Waals surface area contributed by atoms with Crippen molar-refractivity contribution < 1.29 is 62.8 Å². The van der Waals surface area contributed by atoms with Gasteiger partial charge in [0.05, 0.1) is 6.04 Å². The Morgan fingerprint density at radius 1 is 1.04 bits per heavy atom. The van der Waals surface area contributed by atoms with E-state index in [1.54, 1.807) is 13.0 Å². The van der Waals surface area contributed by atoms with Crippen LogP contribution >= 0.6 is 11.6 Å². The average Bonchev–Trinajstić information content (AvgIpc) is 3.64. The molecule has 2 saturated heterocycles. The molecule has 12 nitrogen and oxygen atoms in total. The first-order chi connectivity index (χ1) is 22.4. The van der Waals surface area contributed by atoms with E-state index in [0.717, 1.165) is 6.07 Å². The van der Waals surface area contributed by atoms with E-state index in [2.05, 4.69) is 5.32 Å². The molecule has 2 aliphatic heterocycles. The number of ether oxygens (including phenoxy) is 5. The molecule has 256 valence electrons. The second-order valence-corrected chi connectivity index (χ2v) is 11.8. The molecule has 0 aromatic heterocycles.